The van der Waals surface area contributed by atoms with Gasteiger partial charge in [0.1, 0.15) is 11.5 Å². The number of hydrogen-bond donors (Lipinski definition) is 6. The third-order valence-electron chi connectivity index (χ3n) is 10.5. The van der Waals surface area contributed by atoms with Crippen LogP contribution in [0.5, 0.6) is 11.5 Å². The molecular formula is C48H44N6O8S. The Balaban J connectivity index is 0.997. The summed E-state index contributed by atoms with van der Waals surface area (Å²) in [5.74, 6) is 5.59. The molecule has 0 unspecified atom stereocenters. The van der Waals surface area contributed by atoms with Gasteiger partial charge in [0, 0.05) is 71.6 Å². The summed E-state index contributed by atoms with van der Waals surface area (Å²) in [5.41, 5.74) is 9.69. The van der Waals surface area contributed by atoms with E-state index in [1.54, 1.807) is 80.7 Å². The second-order valence-corrected chi connectivity index (χ2v) is 16.7. The van der Waals surface area contributed by atoms with Gasteiger partial charge in [0.25, 0.3) is 11.8 Å². The van der Waals surface area contributed by atoms with Crippen molar-refractivity contribution < 1.29 is 33.0 Å². The maximum absolute atomic E-state index is 14.2. The first-order valence-corrected chi connectivity index (χ1v) is 21.3. The lowest BCUT2D eigenvalue weighted by Gasteiger charge is -2.18. The van der Waals surface area contributed by atoms with E-state index in [0.29, 0.717) is 57.5 Å². The maximum atomic E-state index is 14.2. The fourth-order valence-corrected chi connectivity index (χ4v) is 8.56. The lowest BCUT2D eigenvalue weighted by molar-refractivity contribution is 0.0987. The SMILES string of the molecule is COc1cccc(Nc2c(C(N)=O)cnc3c(C)cc(S(=O)(=O)c4cccc(C(=O)N(C)c5ccc(C#CCCCNC[C@H](O)c6ccc(O)c7[nH]c(=O)ccc67)cc5)c4)cc23)c1. The normalized spacial score (nSPS) is 11.7. The van der Waals surface area contributed by atoms with Crippen LogP contribution in [-0.2, 0) is 9.84 Å². The number of aliphatic hydroxyl groups excluding tert-OH is 1. The van der Waals surface area contributed by atoms with Crippen LogP contribution < -0.4 is 31.6 Å². The van der Waals surface area contributed by atoms with Gasteiger partial charge in [0.05, 0.1) is 45.3 Å². The second kappa shape index (κ2) is 18.6. The molecule has 63 heavy (non-hydrogen) atoms. The highest BCUT2D eigenvalue weighted by Crippen LogP contribution is 2.35. The van der Waals surface area contributed by atoms with Gasteiger partial charge >= 0.3 is 0 Å². The zero-order chi connectivity index (χ0) is 44.8. The number of unbranched alkanes of at least 4 members (excludes halogenated alkanes) is 1. The van der Waals surface area contributed by atoms with Gasteiger partial charge in [-0.25, -0.2) is 8.42 Å². The molecule has 7 N–H and O–H groups in total. The molecule has 0 aliphatic rings. The Bertz CT molecular complexity index is 3120. The maximum Gasteiger partial charge on any atom is 0.258 e. The minimum absolute atomic E-state index is 0.0610. The first-order valence-electron chi connectivity index (χ1n) is 19.8. The standard InChI is InChI=1S/C48H44N6O8S/c1-29-23-36(26-39-44(29)51-27-40(47(49)58)45(39)52-32-11-8-12-34(25-32)62-3)63(60,61)35-13-7-10-31(24-35)48(59)54(2)33-16-14-30(15-17-33)9-5-4-6-22-50-28-42(56)37-18-20-41(55)46-38(37)19-21-43(57)53-46/h7-8,10-21,23-27,42,50,55-56H,4,6,22,28H2,1-3H3,(H2,49,58)(H,51,52)(H,53,57)/t42-/m0/s1. The average Bonchev–Trinajstić information content (AvgIpc) is 3.28. The summed E-state index contributed by atoms with van der Waals surface area (Å²) in [6.45, 7) is 2.60. The molecule has 320 valence electrons. The van der Waals surface area contributed by atoms with E-state index < -0.39 is 27.8 Å². The molecule has 7 rings (SSSR count). The number of fused-ring (bicyclic) bond motifs is 2. The Morgan fingerprint density at radius 1 is 0.952 bits per heavy atom. The summed E-state index contributed by atoms with van der Waals surface area (Å²) in [4.78, 5) is 46.3. The molecule has 15 heteroatoms. The van der Waals surface area contributed by atoms with Gasteiger partial charge in [-0.2, -0.15) is 0 Å². The number of rotatable bonds is 14. The summed E-state index contributed by atoms with van der Waals surface area (Å²) in [6, 6.07) is 28.9. The zero-order valence-corrected chi connectivity index (χ0v) is 35.4. The number of pyridine rings is 2. The van der Waals surface area contributed by atoms with Crippen molar-refractivity contribution in [1.29, 1.82) is 0 Å². The molecule has 0 aliphatic carbocycles. The lowest BCUT2D eigenvalue weighted by Crippen LogP contribution is -2.26. The molecule has 0 fully saturated rings. The molecule has 7 aromatic rings. The third kappa shape index (κ3) is 9.53. The number of nitrogens with two attached hydrogens (primary N) is 1. The van der Waals surface area contributed by atoms with Crippen molar-refractivity contribution in [3.05, 3.63) is 154 Å². The summed E-state index contributed by atoms with van der Waals surface area (Å²) < 4.78 is 33.8. The highest BCUT2D eigenvalue weighted by molar-refractivity contribution is 7.91. The fraction of sp³-hybridized carbons (Fsp3) is 0.167. The molecule has 0 spiro atoms. The van der Waals surface area contributed by atoms with E-state index in [4.69, 9.17) is 10.5 Å². The van der Waals surface area contributed by atoms with Gasteiger partial charge in [-0.1, -0.05) is 30.0 Å². The number of aryl methyl sites for hydroxylation is 1. The summed E-state index contributed by atoms with van der Waals surface area (Å²) in [7, 11) is -1.06. The molecule has 2 aromatic heterocycles. The molecule has 0 saturated carbocycles. The Kier molecular flexibility index (Phi) is 12.9. The number of aromatic nitrogens is 2. The van der Waals surface area contributed by atoms with Crippen LogP contribution in [0.3, 0.4) is 0 Å². The van der Waals surface area contributed by atoms with Crippen molar-refractivity contribution in [3.8, 4) is 23.3 Å². The minimum Gasteiger partial charge on any atom is -0.506 e. The van der Waals surface area contributed by atoms with Gasteiger partial charge in [-0.3, -0.25) is 19.4 Å². The van der Waals surface area contributed by atoms with Crippen LogP contribution in [0.25, 0.3) is 21.8 Å². The number of aliphatic hydroxyl groups is 1. The van der Waals surface area contributed by atoms with E-state index in [2.05, 4.69) is 32.4 Å². The summed E-state index contributed by atoms with van der Waals surface area (Å²) >= 11 is 0. The molecule has 0 bridgehead atoms. The number of sulfone groups is 1. The number of carbonyl (C=O) groups is 2. The second-order valence-electron chi connectivity index (χ2n) is 14.8. The smallest absolute Gasteiger partial charge is 0.258 e. The van der Waals surface area contributed by atoms with Crippen molar-refractivity contribution in [1.82, 2.24) is 15.3 Å². The van der Waals surface area contributed by atoms with Crippen molar-refractivity contribution in [3.63, 3.8) is 0 Å². The zero-order valence-electron chi connectivity index (χ0n) is 34.6. The number of phenolic OH excluding ortho intramolecular Hbond substituents is 1. The molecule has 14 nitrogen and oxygen atoms in total. The molecule has 0 radical (unpaired) electrons. The number of carbonyl (C=O) groups excluding carboxylic acids is 2. The van der Waals surface area contributed by atoms with Crippen LogP contribution in [0, 0.1) is 18.8 Å². The monoisotopic (exact) mass is 864 g/mol. The number of amides is 2. The average molecular weight is 865 g/mol. The van der Waals surface area contributed by atoms with Crippen molar-refractivity contribution >= 4 is 60.5 Å². The molecule has 1 atom stereocenters. The minimum atomic E-state index is -4.19. The summed E-state index contributed by atoms with van der Waals surface area (Å²) in [6.07, 6.45) is 1.82. The first-order chi connectivity index (χ1) is 30.2. The number of nitrogens with zero attached hydrogens (tertiary/aromatic N) is 2. The van der Waals surface area contributed by atoms with Crippen LogP contribution in [-0.4, -0.2) is 67.7 Å². The number of methoxy groups -OCH3 is 1. The van der Waals surface area contributed by atoms with Crippen molar-refractivity contribution in [2.75, 3.05) is 37.5 Å². The number of aromatic amines is 1. The molecule has 0 saturated heterocycles. The lowest BCUT2D eigenvalue weighted by atomic mass is 10.0. The molecule has 5 aromatic carbocycles. The van der Waals surface area contributed by atoms with Gasteiger partial charge in [0.2, 0.25) is 15.4 Å². The van der Waals surface area contributed by atoms with E-state index in [1.165, 1.54) is 60.7 Å². The number of anilines is 3. The van der Waals surface area contributed by atoms with Gasteiger partial charge in [-0.15, -0.1) is 0 Å². The Morgan fingerprint density at radius 3 is 2.49 bits per heavy atom. The van der Waals surface area contributed by atoms with Gasteiger partial charge in [-0.05, 0) is 110 Å². The van der Waals surface area contributed by atoms with E-state index in [-0.39, 0.29) is 50.0 Å². The van der Waals surface area contributed by atoms with Gasteiger partial charge in [0.15, 0.2) is 0 Å². The third-order valence-corrected chi connectivity index (χ3v) is 12.2. The van der Waals surface area contributed by atoms with E-state index in [0.717, 1.165) is 12.0 Å². The van der Waals surface area contributed by atoms with E-state index in [1.807, 2.05) is 0 Å². The van der Waals surface area contributed by atoms with Crippen molar-refractivity contribution in [2.24, 2.45) is 5.73 Å². The Hall–Kier alpha value is -7.51. The molecule has 2 amide bonds. The predicted octanol–water partition coefficient (Wildman–Crippen LogP) is 6.51. The number of hydrogen-bond acceptors (Lipinski definition) is 11. The van der Waals surface area contributed by atoms with Crippen molar-refractivity contribution in [2.45, 2.75) is 35.7 Å². The highest BCUT2D eigenvalue weighted by atomic mass is 32.2. The molecule has 0 aliphatic heterocycles. The topological polar surface area (TPSA) is 217 Å². The van der Waals surface area contributed by atoms with Crippen LogP contribution in [0.1, 0.15) is 56.4 Å². The van der Waals surface area contributed by atoms with Gasteiger partial charge < -0.3 is 41.2 Å². The fourth-order valence-electron chi connectivity index (χ4n) is 7.15. The quantitative estimate of drug-likeness (QED) is 0.0512. The number of ether oxygens (including phenoxy) is 1. The first kappa shape index (κ1) is 43.6. The van der Waals surface area contributed by atoms with E-state index in [9.17, 15) is 33.0 Å². The molecular weight excluding hydrogens is 821 g/mol. The Morgan fingerprint density at radius 2 is 1.73 bits per heavy atom. The predicted molar refractivity (Wildman–Crippen MR) is 243 cm³/mol. The number of primary amides is 1. The van der Waals surface area contributed by atoms with E-state index >= 15 is 0 Å². The number of aromatic hydroxyl groups is 1. The largest absolute Gasteiger partial charge is 0.506 e. The van der Waals surface area contributed by atoms with Crippen LogP contribution in [0.2, 0.25) is 0 Å². The van der Waals surface area contributed by atoms with Crippen LogP contribution in [0.15, 0.2) is 130 Å². The number of benzene rings is 5. The van der Waals surface area contributed by atoms with Crippen LogP contribution in [0.4, 0.5) is 17.1 Å². The number of phenols is 1. The summed E-state index contributed by atoms with van der Waals surface area (Å²) in [5, 5.41) is 28.2. The number of nitrogens with one attached hydrogen (secondary N) is 3. The Labute approximate surface area is 363 Å². The number of H-pyrrole nitrogens is 1. The molecule has 2 heterocycles. The highest BCUT2D eigenvalue weighted by Gasteiger charge is 2.24. The van der Waals surface area contributed by atoms with Crippen LogP contribution >= 0.6 is 0 Å².